The van der Waals surface area contributed by atoms with Gasteiger partial charge >= 0.3 is 0 Å². The Morgan fingerprint density at radius 1 is 1.50 bits per heavy atom. The number of ether oxygens (including phenoxy) is 1. The molecule has 0 saturated carbocycles. The van der Waals surface area contributed by atoms with Crippen LogP contribution in [0.4, 0.5) is 10.2 Å². The zero-order valence-electron chi connectivity index (χ0n) is 17.0. The van der Waals surface area contributed by atoms with Gasteiger partial charge in [0.25, 0.3) is 5.91 Å². The molecule has 0 saturated heterocycles. The number of aromatic amines is 1. The molecule has 0 aliphatic carbocycles. The van der Waals surface area contributed by atoms with Crippen molar-refractivity contribution in [1.82, 2.24) is 19.9 Å². The lowest BCUT2D eigenvalue weighted by Gasteiger charge is -2.28. The van der Waals surface area contributed by atoms with Gasteiger partial charge in [-0.25, -0.2) is 9.37 Å². The number of nitrogen functional groups attached to an aromatic ring is 1. The van der Waals surface area contributed by atoms with Crippen LogP contribution in [0, 0.1) is 5.82 Å². The number of anilines is 1. The van der Waals surface area contributed by atoms with Crippen molar-refractivity contribution in [2.45, 2.75) is 52.5 Å². The maximum atomic E-state index is 14.4. The molecule has 2 atom stereocenters. The van der Waals surface area contributed by atoms with E-state index in [0.717, 1.165) is 23.1 Å². The molecule has 3 aromatic heterocycles. The molecule has 30 heavy (non-hydrogen) atoms. The van der Waals surface area contributed by atoms with Crippen LogP contribution in [0.15, 0.2) is 22.8 Å². The van der Waals surface area contributed by atoms with Crippen LogP contribution in [0.2, 0.25) is 0 Å². The van der Waals surface area contributed by atoms with Gasteiger partial charge in [-0.3, -0.25) is 9.78 Å². The number of amides is 1. The number of H-pyrrole nitrogens is 1. The van der Waals surface area contributed by atoms with Crippen LogP contribution in [0.5, 0.6) is 0 Å². The highest BCUT2D eigenvalue weighted by atomic mass is 79.9. The van der Waals surface area contributed by atoms with E-state index >= 15 is 0 Å². The Morgan fingerprint density at radius 2 is 2.27 bits per heavy atom. The molecular formula is C21H23BrFN5O2. The number of nitrogens with two attached hydrogens (primary N) is 1. The van der Waals surface area contributed by atoms with Crippen molar-refractivity contribution >= 4 is 38.7 Å². The number of halogens is 2. The number of hydrogen-bond donors (Lipinski definition) is 2. The van der Waals surface area contributed by atoms with Crippen molar-refractivity contribution in [2.75, 3.05) is 5.73 Å². The molecule has 158 valence electrons. The number of nitrogens with one attached hydrogen (secondary N) is 1. The van der Waals surface area contributed by atoms with Crippen molar-refractivity contribution in [2.24, 2.45) is 0 Å². The lowest BCUT2D eigenvalue weighted by molar-refractivity contribution is 0.0661. The van der Waals surface area contributed by atoms with E-state index in [1.807, 2.05) is 20.8 Å². The summed E-state index contributed by atoms with van der Waals surface area (Å²) in [4.78, 5) is 26.8. The zero-order chi connectivity index (χ0) is 21.6. The number of rotatable bonds is 5. The molecule has 0 unspecified atom stereocenters. The van der Waals surface area contributed by atoms with Gasteiger partial charge in [0.15, 0.2) is 0 Å². The summed E-state index contributed by atoms with van der Waals surface area (Å²) < 4.78 is 20.6. The lowest BCUT2D eigenvalue weighted by Crippen LogP contribution is -2.38. The van der Waals surface area contributed by atoms with Crippen LogP contribution in [-0.4, -0.2) is 31.8 Å². The summed E-state index contributed by atoms with van der Waals surface area (Å²) in [6.07, 6.45) is 2.11. The topological polar surface area (TPSA) is 97.1 Å². The van der Waals surface area contributed by atoms with Gasteiger partial charge in [0, 0.05) is 27.8 Å². The Labute approximate surface area is 182 Å². The summed E-state index contributed by atoms with van der Waals surface area (Å²) >= 11 is 3.21. The van der Waals surface area contributed by atoms with Crippen molar-refractivity contribution in [3.63, 3.8) is 0 Å². The third-order valence-electron chi connectivity index (χ3n) is 5.64. The summed E-state index contributed by atoms with van der Waals surface area (Å²) in [5, 5.41) is 0. The van der Waals surface area contributed by atoms with E-state index in [1.165, 1.54) is 12.3 Å². The smallest absolute Gasteiger partial charge is 0.270 e. The van der Waals surface area contributed by atoms with E-state index in [9.17, 15) is 9.18 Å². The number of carbonyl (C=O) groups excluding carboxylic acids is 1. The first-order valence-electron chi connectivity index (χ1n) is 9.83. The predicted octanol–water partition coefficient (Wildman–Crippen LogP) is 4.47. The molecule has 3 N–H and O–H groups in total. The number of hydrogen-bond acceptors (Lipinski definition) is 5. The molecule has 0 spiro atoms. The number of carbonyl (C=O) groups is 1. The largest absolute Gasteiger partial charge is 0.383 e. The molecule has 0 bridgehead atoms. The standard InChI is InChI=1S/C21H23BrFN5O2/c1-4-10(2)28(8-17-14(23)5-12(22)7-25-17)21(29)16-6-15-19(26-16)13-9-30-11(3)18(13)20(24)27-15/h5-7,10-11,26H,4,8-9H2,1-3H3,(H2,24,27)/t10-,11-/m1/s1. The van der Waals surface area contributed by atoms with Crippen LogP contribution in [0.1, 0.15) is 60.6 Å². The second-order valence-corrected chi connectivity index (χ2v) is 8.47. The van der Waals surface area contributed by atoms with Crippen LogP contribution in [-0.2, 0) is 17.9 Å². The molecule has 1 aliphatic rings. The van der Waals surface area contributed by atoms with Gasteiger partial charge in [0.05, 0.1) is 36.0 Å². The van der Waals surface area contributed by atoms with Crippen LogP contribution in [0.3, 0.4) is 0 Å². The summed E-state index contributed by atoms with van der Waals surface area (Å²) in [5.41, 5.74) is 9.88. The molecular weight excluding hydrogens is 453 g/mol. The Morgan fingerprint density at radius 3 is 2.97 bits per heavy atom. The molecule has 0 aromatic carbocycles. The average Bonchev–Trinajstić information content (AvgIpc) is 3.30. The van der Waals surface area contributed by atoms with Gasteiger partial charge in [-0.05, 0) is 48.3 Å². The SMILES string of the molecule is CC[C@@H](C)N(Cc1ncc(Br)cc1F)C(=O)c1cc2nc(N)c3c(c2[nH]1)CO[C@@H]3C. The second-order valence-electron chi connectivity index (χ2n) is 7.56. The Bertz CT molecular complexity index is 1130. The molecule has 1 aliphatic heterocycles. The Hall–Kier alpha value is -2.52. The number of aromatic nitrogens is 3. The van der Waals surface area contributed by atoms with Crippen LogP contribution < -0.4 is 5.73 Å². The predicted molar refractivity (Wildman–Crippen MR) is 115 cm³/mol. The minimum Gasteiger partial charge on any atom is -0.383 e. The summed E-state index contributed by atoms with van der Waals surface area (Å²) in [5.74, 6) is -0.285. The van der Waals surface area contributed by atoms with Crippen molar-refractivity contribution in [1.29, 1.82) is 0 Å². The molecule has 9 heteroatoms. The molecule has 4 rings (SSSR count). The number of nitrogens with zero attached hydrogens (tertiary/aromatic N) is 3. The number of fused-ring (bicyclic) bond motifs is 3. The van der Waals surface area contributed by atoms with Gasteiger partial charge in [-0.2, -0.15) is 0 Å². The van der Waals surface area contributed by atoms with Gasteiger partial charge < -0.3 is 20.4 Å². The minimum absolute atomic E-state index is 0.0656. The van der Waals surface area contributed by atoms with Gasteiger partial charge in [0.2, 0.25) is 0 Å². The highest BCUT2D eigenvalue weighted by Gasteiger charge is 2.29. The zero-order valence-corrected chi connectivity index (χ0v) is 18.6. The molecule has 1 amide bonds. The Balaban J connectivity index is 1.72. The maximum absolute atomic E-state index is 14.4. The second kappa shape index (κ2) is 7.96. The normalized spacial score (nSPS) is 16.6. The van der Waals surface area contributed by atoms with Crippen molar-refractivity contribution in [3.05, 3.63) is 51.1 Å². The van der Waals surface area contributed by atoms with Crippen LogP contribution in [0.25, 0.3) is 11.0 Å². The molecule has 4 heterocycles. The number of pyridine rings is 2. The van der Waals surface area contributed by atoms with Crippen molar-refractivity contribution < 1.29 is 13.9 Å². The fourth-order valence-electron chi connectivity index (χ4n) is 3.78. The van der Waals surface area contributed by atoms with E-state index in [1.54, 1.807) is 11.0 Å². The fraction of sp³-hybridized carbons (Fsp3) is 0.381. The highest BCUT2D eigenvalue weighted by Crippen LogP contribution is 2.38. The van der Waals surface area contributed by atoms with E-state index in [0.29, 0.717) is 28.1 Å². The Kier molecular flexibility index (Phi) is 5.50. The van der Waals surface area contributed by atoms with E-state index in [4.69, 9.17) is 10.5 Å². The average molecular weight is 476 g/mol. The minimum atomic E-state index is -0.458. The third kappa shape index (κ3) is 3.56. The summed E-state index contributed by atoms with van der Waals surface area (Å²) in [7, 11) is 0. The summed E-state index contributed by atoms with van der Waals surface area (Å²) in [6, 6.07) is 2.93. The first-order valence-corrected chi connectivity index (χ1v) is 10.6. The van der Waals surface area contributed by atoms with E-state index in [2.05, 4.69) is 30.9 Å². The fourth-order valence-corrected chi connectivity index (χ4v) is 4.08. The molecule has 0 radical (unpaired) electrons. The molecule has 3 aromatic rings. The maximum Gasteiger partial charge on any atom is 0.270 e. The van der Waals surface area contributed by atoms with Crippen molar-refractivity contribution in [3.8, 4) is 0 Å². The van der Waals surface area contributed by atoms with Gasteiger partial charge in [0.1, 0.15) is 17.3 Å². The van der Waals surface area contributed by atoms with E-state index in [-0.39, 0.29) is 30.3 Å². The quantitative estimate of drug-likeness (QED) is 0.566. The van der Waals surface area contributed by atoms with Gasteiger partial charge in [-0.1, -0.05) is 6.92 Å². The van der Waals surface area contributed by atoms with Crippen LogP contribution >= 0.6 is 15.9 Å². The van der Waals surface area contributed by atoms with E-state index < -0.39 is 5.82 Å². The lowest BCUT2D eigenvalue weighted by atomic mass is 10.1. The monoisotopic (exact) mass is 475 g/mol. The molecule has 7 nitrogen and oxygen atoms in total. The highest BCUT2D eigenvalue weighted by molar-refractivity contribution is 9.10. The summed E-state index contributed by atoms with van der Waals surface area (Å²) in [6.45, 7) is 6.32. The first kappa shape index (κ1) is 20.7. The third-order valence-corrected chi connectivity index (χ3v) is 6.08. The first-order chi connectivity index (χ1) is 14.3. The van der Waals surface area contributed by atoms with Gasteiger partial charge in [-0.15, -0.1) is 0 Å². The molecule has 0 fully saturated rings.